The fourth-order valence-corrected chi connectivity index (χ4v) is 5.50. The van der Waals surface area contributed by atoms with Crippen LogP contribution < -0.4 is 21.3 Å². The van der Waals surface area contributed by atoms with E-state index in [1.54, 1.807) is 24.7 Å². The fourth-order valence-electron chi connectivity index (χ4n) is 5.50. The van der Waals surface area contributed by atoms with Gasteiger partial charge in [-0.15, -0.1) is 0 Å². The molecule has 220 valence electrons. The van der Waals surface area contributed by atoms with E-state index in [2.05, 4.69) is 30.6 Å². The molecular formula is C28H30F2N8O4. The van der Waals surface area contributed by atoms with Crippen LogP contribution in [0.15, 0.2) is 48.9 Å². The van der Waals surface area contributed by atoms with E-state index >= 15 is 8.78 Å². The van der Waals surface area contributed by atoms with Crippen LogP contribution in [0.4, 0.5) is 30.9 Å². The van der Waals surface area contributed by atoms with E-state index in [0.29, 0.717) is 30.2 Å². The number of ether oxygens (including phenoxy) is 2. The van der Waals surface area contributed by atoms with Crippen LogP contribution in [-0.4, -0.2) is 76.3 Å². The molecule has 0 bridgehead atoms. The number of piperidine rings is 1. The van der Waals surface area contributed by atoms with Crippen molar-refractivity contribution in [2.24, 2.45) is 11.7 Å². The van der Waals surface area contributed by atoms with Gasteiger partial charge in [-0.2, -0.15) is 9.61 Å². The standard InChI is InChI=1S/C28H30F2N8O4/c1-15-11-37(12-20(31)25(15)35-27(39)41-2)23-5-6-32-10-22(23)34-26-33-9-17-3-4-21(36-38(17)26)24-18(29)7-16(8-19(24)30)28(40)13-42-14-28/h3-10,15,20,25,40H,11-14,31H2,1-2H3,(H,33,34)(H,35,39)/t15-,20+,25-/m0/s1. The van der Waals surface area contributed by atoms with E-state index in [1.807, 2.05) is 13.0 Å². The van der Waals surface area contributed by atoms with Gasteiger partial charge in [0.2, 0.25) is 5.95 Å². The van der Waals surface area contributed by atoms with Crippen molar-refractivity contribution >= 4 is 28.9 Å². The van der Waals surface area contributed by atoms with Crippen molar-refractivity contribution in [1.82, 2.24) is 24.9 Å². The zero-order valence-corrected chi connectivity index (χ0v) is 22.9. The number of aliphatic hydroxyl groups is 1. The van der Waals surface area contributed by atoms with Crippen LogP contribution in [-0.2, 0) is 15.1 Å². The minimum absolute atomic E-state index is 0.0130. The molecule has 12 nitrogen and oxygen atoms in total. The Labute approximate surface area is 239 Å². The van der Waals surface area contributed by atoms with Gasteiger partial charge in [0.15, 0.2) is 0 Å². The maximum Gasteiger partial charge on any atom is 0.407 e. The Bertz CT molecular complexity index is 1610. The number of nitrogens with zero attached hydrogens (tertiary/aromatic N) is 5. The molecule has 4 aromatic rings. The first-order chi connectivity index (χ1) is 20.2. The average molecular weight is 581 g/mol. The maximum atomic E-state index is 15.2. The van der Waals surface area contributed by atoms with Crippen molar-refractivity contribution in [2.45, 2.75) is 24.6 Å². The van der Waals surface area contributed by atoms with Crippen LogP contribution >= 0.6 is 0 Å². The zero-order chi connectivity index (χ0) is 29.6. The van der Waals surface area contributed by atoms with Crippen molar-refractivity contribution in [1.29, 1.82) is 0 Å². The van der Waals surface area contributed by atoms with Crippen LogP contribution in [0, 0.1) is 17.6 Å². The molecule has 5 N–H and O–H groups in total. The number of aromatic nitrogens is 4. The summed E-state index contributed by atoms with van der Waals surface area (Å²) in [6, 6.07) is 6.61. The van der Waals surface area contributed by atoms with Crippen molar-refractivity contribution in [2.75, 3.05) is 43.6 Å². The minimum Gasteiger partial charge on any atom is -0.453 e. The lowest BCUT2D eigenvalue weighted by Gasteiger charge is -2.42. The van der Waals surface area contributed by atoms with E-state index in [4.69, 9.17) is 15.2 Å². The monoisotopic (exact) mass is 580 g/mol. The van der Waals surface area contributed by atoms with Crippen LogP contribution in [0.3, 0.4) is 0 Å². The molecule has 2 aliphatic rings. The lowest BCUT2D eigenvalue weighted by atomic mass is 9.90. The molecule has 0 aliphatic carbocycles. The van der Waals surface area contributed by atoms with Gasteiger partial charge in [-0.05, 0) is 41.8 Å². The lowest BCUT2D eigenvalue weighted by Crippen LogP contribution is -2.62. The zero-order valence-electron chi connectivity index (χ0n) is 22.9. The Hall–Kier alpha value is -4.40. The second kappa shape index (κ2) is 10.8. The van der Waals surface area contributed by atoms with Crippen LogP contribution in [0.25, 0.3) is 16.8 Å². The number of carbonyl (C=O) groups excluding carboxylic acids is 1. The molecule has 1 aromatic carbocycles. The molecule has 6 rings (SSSR count). The number of benzene rings is 1. The van der Waals surface area contributed by atoms with Crippen molar-refractivity contribution in [3.05, 3.63) is 66.1 Å². The third-order valence-corrected chi connectivity index (χ3v) is 7.77. The van der Waals surface area contributed by atoms with Gasteiger partial charge in [0, 0.05) is 25.3 Å². The number of fused-ring (bicyclic) bond motifs is 1. The molecule has 0 radical (unpaired) electrons. The Morgan fingerprint density at radius 2 is 1.95 bits per heavy atom. The predicted octanol–water partition coefficient (Wildman–Crippen LogP) is 2.54. The number of imidazole rings is 1. The highest BCUT2D eigenvalue weighted by molar-refractivity contribution is 5.74. The van der Waals surface area contributed by atoms with Gasteiger partial charge < -0.3 is 35.8 Å². The first-order valence-corrected chi connectivity index (χ1v) is 13.4. The summed E-state index contributed by atoms with van der Waals surface area (Å²) in [6.45, 7) is 3.01. The Morgan fingerprint density at radius 1 is 1.19 bits per heavy atom. The molecule has 0 spiro atoms. The molecule has 3 atom stereocenters. The lowest BCUT2D eigenvalue weighted by molar-refractivity contribution is -0.184. The van der Waals surface area contributed by atoms with E-state index in [1.165, 1.54) is 17.7 Å². The van der Waals surface area contributed by atoms with E-state index in [-0.39, 0.29) is 48.0 Å². The number of hydrogen-bond donors (Lipinski definition) is 4. The summed E-state index contributed by atoms with van der Waals surface area (Å²) in [6.07, 6.45) is 4.36. The maximum absolute atomic E-state index is 15.2. The number of pyridine rings is 1. The molecule has 0 saturated carbocycles. The average Bonchev–Trinajstić information content (AvgIpc) is 3.35. The number of nitrogens with one attached hydrogen (secondary N) is 2. The third kappa shape index (κ3) is 4.97. The van der Waals surface area contributed by atoms with Crippen molar-refractivity contribution in [3.63, 3.8) is 0 Å². The van der Waals surface area contributed by atoms with Gasteiger partial charge in [0.1, 0.15) is 17.2 Å². The smallest absolute Gasteiger partial charge is 0.407 e. The van der Waals surface area contributed by atoms with E-state index < -0.39 is 23.3 Å². The first-order valence-electron chi connectivity index (χ1n) is 13.4. The Morgan fingerprint density at radius 3 is 2.62 bits per heavy atom. The Balaban J connectivity index is 1.28. The summed E-state index contributed by atoms with van der Waals surface area (Å²) in [4.78, 5) is 22.6. The number of rotatable bonds is 6. The summed E-state index contributed by atoms with van der Waals surface area (Å²) in [5, 5.41) is 21.0. The molecule has 5 heterocycles. The van der Waals surface area contributed by atoms with Gasteiger partial charge >= 0.3 is 6.09 Å². The van der Waals surface area contributed by atoms with Crippen molar-refractivity contribution < 1.29 is 28.2 Å². The van der Waals surface area contributed by atoms with Gasteiger partial charge in [0.25, 0.3) is 0 Å². The van der Waals surface area contributed by atoms with Crippen molar-refractivity contribution in [3.8, 4) is 11.3 Å². The number of hydrogen-bond acceptors (Lipinski definition) is 10. The third-order valence-electron chi connectivity index (χ3n) is 7.77. The summed E-state index contributed by atoms with van der Waals surface area (Å²) in [7, 11) is 1.31. The minimum atomic E-state index is -1.41. The van der Waals surface area contributed by atoms with Gasteiger partial charge in [-0.3, -0.25) is 4.98 Å². The second-order valence-corrected chi connectivity index (χ2v) is 10.7. The van der Waals surface area contributed by atoms with Crippen LogP contribution in [0.2, 0.25) is 0 Å². The molecule has 14 heteroatoms. The molecule has 1 amide bonds. The normalized spacial score (nSPS) is 21.6. The topological polar surface area (TPSA) is 152 Å². The number of halogens is 2. The van der Waals surface area contributed by atoms with Gasteiger partial charge in [-0.25, -0.2) is 18.6 Å². The summed E-state index contributed by atoms with van der Waals surface area (Å²) in [5.74, 6) is -1.38. The number of anilines is 3. The van der Waals surface area contributed by atoms with Gasteiger partial charge in [0.05, 0.1) is 66.9 Å². The van der Waals surface area contributed by atoms with Gasteiger partial charge in [-0.1, -0.05) is 6.92 Å². The number of methoxy groups -OCH3 is 1. The Kier molecular flexibility index (Phi) is 7.12. The number of amides is 1. The highest BCUT2D eigenvalue weighted by Crippen LogP contribution is 2.35. The van der Waals surface area contributed by atoms with E-state index in [9.17, 15) is 9.90 Å². The molecule has 0 unspecified atom stereocenters. The molecule has 42 heavy (non-hydrogen) atoms. The molecule has 2 aliphatic heterocycles. The fraction of sp³-hybridized carbons (Fsp3) is 0.357. The highest BCUT2D eigenvalue weighted by atomic mass is 19.1. The SMILES string of the molecule is COC(=O)N[C@@H]1[C@H](N)CN(c2ccncc2Nc2ncc3ccc(-c4c(F)cc(C5(O)COC5)cc4F)nn23)C[C@@H]1C. The molecule has 2 saturated heterocycles. The molecule has 2 fully saturated rings. The second-order valence-electron chi connectivity index (χ2n) is 10.7. The predicted molar refractivity (Wildman–Crippen MR) is 149 cm³/mol. The quantitative estimate of drug-likeness (QED) is 0.268. The van der Waals surface area contributed by atoms with E-state index in [0.717, 1.165) is 17.8 Å². The molecular weight excluding hydrogens is 550 g/mol. The van der Waals surface area contributed by atoms with Crippen LogP contribution in [0.1, 0.15) is 12.5 Å². The highest BCUT2D eigenvalue weighted by Gasteiger charge is 2.39. The number of nitrogens with two attached hydrogens (primary N) is 1. The number of carbonyl (C=O) groups is 1. The summed E-state index contributed by atoms with van der Waals surface area (Å²) in [5.41, 5.74) is 6.90. The van der Waals surface area contributed by atoms with Crippen LogP contribution in [0.5, 0.6) is 0 Å². The summed E-state index contributed by atoms with van der Waals surface area (Å²) < 4.78 is 41.6. The molecule has 3 aromatic heterocycles. The first kappa shape index (κ1) is 27.8. The number of alkyl carbamates (subject to hydrolysis) is 1. The summed E-state index contributed by atoms with van der Waals surface area (Å²) >= 11 is 0. The largest absolute Gasteiger partial charge is 0.453 e.